The maximum Gasteiger partial charge on any atom is 0.0805 e. The molecule has 0 heterocycles. The number of ether oxygens (including phenoxy) is 2. The molecule has 0 fully saturated rings. The van der Waals surface area contributed by atoms with Crippen molar-refractivity contribution < 1.29 is 21.9 Å². The minimum absolute atomic E-state index is 0. The van der Waals surface area contributed by atoms with Crippen LogP contribution in [0, 0.1) is 0 Å². The molecular weight excluding hydrogens is 548 g/mol. The highest BCUT2D eigenvalue weighted by Gasteiger charge is 2.06. The smallest absolute Gasteiger partial charge is 0.0805 e. The third-order valence-corrected chi connectivity index (χ3v) is 8.57. The number of hydrogen-bond donors (Lipinski definition) is 0. The van der Waals surface area contributed by atoms with Gasteiger partial charge in [-0.05, 0) is 70.6 Å². The first-order valence-corrected chi connectivity index (χ1v) is 19.3. The van der Waals surface area contributed by atoms with Crippen LogP contribution in [0.1, 0.15) is 207 Å². The Balaban J connectivity index is 0. The molecule has 0 N–H and O–H groups in total. The fourth-order valence-corrected chi connectivity index (χ4v) is 5.55. The van der Waals surface area contributed by atoms with Gasteiger partial charge in [0, 0.05) is 13.2 Å². The van der Waals surface area contributed by atoms with Crippen molar-refractivity contribution >= 4 is 0 Å². The molecular formula is C40H78ClO2-. The Morgan fingerprint density at radius 3 is 1.09 bits per heavy atom. The van der Waals surface area contributed by atoms with Crippen LogP contribution in [0.25, 0.3) is 0 Å². The van der Waals surface area contributed by atoms with E-state index in [4.69, 9.17) is 9.47 Å². The van der Waals surface area contributed by atoms with E-state index in [9.17, 15) is 0 Å². The normalized spacial score (nSPS) is 12.4. The zero-order valence-electron chi connectivity index (χ0n) is 29.7. The molecule has 0 rings (SSSR count). The lowest BCUT2D eigenvalue weighted by Gasteiger charge is -2.16. The molecule has 0 aliphatic rings. The summed E-state index contributed by atoms with van der Waals surface area (Å²) in [6.07, 6.45) is 48.9. The number of unbranched alkanes of at least 4 members (excludes halogenated alkanes) is 24. The zero-order chi connectivity index (χ0) is 30.4. The van der Waals surface area contributed by atoms with Crippen LogP contribution >= 0.6 is 0 Å². The van der Waals surface area contributed by atoms with Crippen molar-refractivity contribution in [3.63, 3.8) is 0 Å². The fourth-order valence-electron chi connectivity index (χ4n) is 5.55. The van der Waals surface area contributed by atoms with Gasteiger partial charge in [-0.15, -0.1) is 0 Å². The first-order chi connectivity index (χ1) is 20.8. The molecule has 0 aliphatic carbocycles. The molecule has 1 atom stereocenters. The first kappa shape index (κ1) is 44.8. The molecule has 1 unspecified atom stereocenters. The van der Waals surface area contributed by atoms with Crippen LogP contribution < -0.4 is 12.4 Å². The van der Waals surface area contributed by atoms with Crippen LogP contribution in [0.15, 0.2) is 24.3 Å². The second-order valence-electron chi connectivity index (χ2n) is 12.9. The Morgan fingerprint density at radius 2 is 0.721 bits per heavy atom. The summed E-state index contributed by atoms with van der Waals surface area (Å²) in [5.74, 6) is 0. The molecule has 0 spiro atoms. The molecule has 0 bridgehead atoms. The molecule has 0 saturated heterocycles. The maximum absolute atomic E-state index is 6.10. The summed E-state index contributed by atoms with van der Waals surface area (Å²) in [7, 11) is 0. The van der Waals surface area contributed by atoms with E-state index in [1.54, 1.807) is 0 Å². The highest BCUT2D eigenvalue weighted by molar-refractivity contribution is 4.82. The fraction of sp³-hybridized carbons (Fsp3) is 0.900. The highest BCUT2D eigenvalue weighted by atomic mass is 35.5. The average molecular weight is 627 g/mol. The Bertz CT molecular complexity index is 533. The predicted molar refractivity (Wildman–Crippen MR) is 190 cm³/mol. The maximum atomic E-state index is 6.10. The first-order valence-electron chi connectivity index (χ1n) is 19.3. The van der Waals surface area contributed by atoms with Gasteiger partial charge < -0.3 is 21.9 Å². The quantitative estimate of drug-likeness (QED) is 0.0509. The summed E-state index contributed by atoms with van der Waals surface area (Å²) < 4.78 is 12.1. The second kappa shape index (κ2) is 41.7. The summed E-state index contributed by atoms with van der Waals surface area (Å²) in [5.41, 5.74) is 0. The molecule has 43 heavy (non-hydrogen) atoms. The van der Waals surface area contributed by atoms with Crippen LogP contribution in [-0.2, 0) is 9.47 Å². The summed E-state index contributed by atoms with van der Waals surface area (Å²) in [4.78, 5) is 0. The van der Waals surface area contributed by atoms with Gasteiger partial charge in [-0.2, -0.15) is 0 Å². The molecule has 3 heteroatoms. The van der Waals surface area contributed by atoms with Crippen molar-refractivity contribution in [2.75, 3.05) is 19.8 Å². The molecule has 0 aromatic heterocycles. The van der Waals surface area contributed by atoms with Crippen molar-refractivity contribution in [2.24, 2.45) is 0 Å². The van der Waals surface area contributed by atoms with Crippen molar-refractivity contribution in [1.29, 1.82) is 0 Å². The van der Waals surface area contributed by atoms with E-state index < -0.39 is 0 Å². The van der Waals surface area contributed by atoms with Crippen LogP contribution in [-0.4, -0.2) is 25.9 Å². The Morgan fingerprint density at radius 1 is 0.395 bits per heavy atom. The second-order valence-corrected chi connectivity index (χ2v) is 12.9. The lowest BCUT2D eigenvalue weighted by Crippen LogP contribution is -3.00. The lowest BCUT2D eigenvalue weighted by molar-refractivity contribution is -0.0200. The number of allylic oxidation sites excluding steroid dienone is 4. The summed E-state index contributed by atoms with van der Waals surface area (Å²) in [6, 6.07) is 0. The number of halogens is 1. The topological polar surface area (TPSA) is 18.5 Å². The van der Waals surface area contributed by atoms with Gasteiger partial charge in [0.15, 0.2) is 0 Å². The molecule has 0 aromatic carbocycles. The summed E-state index contributed by atoms with van der Waals surface area (Å²) in [6.45, 7) is 9.37. The lowest BCUT2D eigenvalue weighted by atomic mass is 10.1. The highest BCUT2D eigenvalue weighted by Crippen LogP contribution is 2.12. The van der Waals surface area contributed by atoms with E-state index >= 15 is 0 Å². The summed E-state index contributed by atoms with van der Waals surface area (Å²) in [5, 5.41) is 0. The minimum atomic E-state index is 0. The minimum Gasteiger partial charge on any atom is -1.00 e. The van der Waals surface area contributed by atoms with Gasteiger partial charge in [0.2, 0.25) is 0 Å². The van der Waals surface area contributed by atoms with E-state index in [2.05, 4.69) is 45.1 Å². The van der Waals surface area contributed by atoms with Gasteiger partial charge >= 0.3 is 0 Å². The molecule has 0 saturated carbocycles. The van der Waals surface area contributed by atoms with Crippen molar-refractivity contribution in [2.45, 2.75) is 213 Å². The van der Waals surface area contributed by atoms with Gasteiger partial charge in [-0.3, -0.25) is 0 Å². The van der Waals surface area contributed by atoms with Crippen molar-refractivity contribution in [3.05, 3.63) is 24.3 Å². The zero-order valence-corrected chi connectivity index (χ0v) is 30.5. The van der Waals surface area contributed by atoms with Crippen molar-refractivity contribution in [3.8, 4) is 0 Å². The van der Waals surface area contributed by atoms with Crippen molar-refractivity contribution in [1.82, 2.24) is 0 Å². The van der Waals surface area contributed by atoms with Gasteiger partial charge in [0.1, 0.15) is 0 Å². The SMILES string of the molecule is CCCCCCCC/C=C/CCCCCCCCOCC(CC)OCCCCCCCC/C=C/CCCCCCCC.[Cl-]. The van der Waals surface area contributed by atoms with Gasteiger partial charge in [0.05, 0.1) is 12.7 Å². The Hall–Kier alpha value is -0.310. The predicted octanol–water partition coefficient (Wildman–Crippen LogP) is 10.9. The van der Waals surface area contributed by atoms with E-state index in [0.717, 1.165) is 26.2 Å². The Labute approximate surface area is 278 Å². The standard InChI is InChI=1S/C40H78O2.ClH/c1-4-7-9-11-13-15-17-19-21-23-25-27-29-31-33-35-37-41-39-40(6-3)42-38-36-34-32-30-28-26-24-22-20-18-16-14-12-10-8-5-2;/h19-22,40H,4-18,23-39H2,1-3H3;1H/p-1/b21-19+,22-20+;. The molecule has 0 aromatic rings. The van der Waals surface area contributed by atoms with E-state index in [-0.39, 0.29) is 18.5 Å². The van der Waals surface area contributed by atoms with E-state index in [1.165, 1.54) is 180 Å². The number of rotatable bonds is 36. The third kappa shape index (κ3) is 39.7. The largest absolute Gasteiger partial charge is 1.00 e. The Kier molecular flexibility index (Phi) is 43.4. The molecule has 2 nitrogen and oxygen atoms in total. The van der Waals surface area contributed by atoms with Crippen LogP contribution in [0.4, 0.5) is 0 Å². The average Bonchev–Trinajstić information content (AvgIpc) is 3.00. The molecule has 0 radical (unpaired) electrons. The van der Waals surface area contributed by atoms with Gasteiger partial charge in [0.25, 0.3) is 0 Å². The molecule has 0 aliphatic heterocycles. The van der Waals surface area contributed by atoms with E-state index in [1.807, 2.05) is 0 Å². The number of hydrogen-bond acceptors (Lipinski definition) is 2. The summed E-state index contributed by atoms with van der Waals surface area (Å²) >= 11 is 0. The molecule has 258 valence electrons. The molecule has 0 amide bonds. The van der Waals surface area contributed by atoms with Gasteiger partial charge in [-0.25, -0.2) is 0 Å². The van der Waals surface area contributed by atoms with E-state index in [0.29, 0.717) is 0 Å². The van der Waals surface area contributed by atoms with Crippen LogP contribution in [0.3, 0.4) is 0 Å². The third-order valence-electron chi connectivity index (χ3n) is 8.57. The van der Waals surface area contributed by atoms with Gasteiger partial charge in [-0.1, -0.05) is 161 Å². The van der Waals surface area contributed by atoms with Crippen LogP contribution in [0.2, 0.25) is 0 Å². The monoisotopic (exact) mass is 626 g/mol. The van der Waals surface area contributed by atoms with Crippen LogP contribution in [0.5, 0.6) is 0 Å².